The minimum atomic E-state index is -4.14. The number of carbonyl (C=O) groups is 1. The van der Waals surface area contributed by atoms with Crippen molar-refractivity contribution in [2.75, 3.05) is 20.2 Å². The van der Waals surface area contributed by atoms with Crippen LogP contribution in [0.2, 0.25) is 0 Å². The summed E-state index contributed by atoms with van der Waals surface area (Å²) in [6.07, 6.45) is 0. The van der Waals surface area contributed by atoms with Crippen molar-refractivity contribution in [2.45, 2.75) is 4.90 Å². The number of methoxy groups -OCH3 is 1. The molecule has 0 saturated heterocycles. The summed E-state index contributed by atoms with van der Waals surface area (Å²) in [5.41, 5.74) is -0.326. The first-order valence-corrected chi connectivity index (χ1v) is 6.98. The van der Waals surface area contributed by atoms with Gasteiger partial charge in [0, 0.05) is 0 Å². The number of hydrogen-bond donors (Lipinski definition) is 1. The van der Waals surface area contributed by atoms with Crippen molar-refractivity contribution in [1.82, 2.24) is 4.31 Å². The molecule has 9 heteroatoms. The van der Waals surface area contributed by atoms with Gasteiger partial charge in [0.05, 0.1) is 24.1 Å². The molecule has 0 radical (unpaired) electrons. The van der Waals surface area contributed by atoms with Gasteiger partial charge in [-0.15, -0.1) is 0 Å². The number of ether oxygens (including phenoxy) is 1. The van der Waals surface area contributed by atoms with Crippen LogP contribution in [0.25, 0.3) is 0 Å². The van der Waals surface area contributed by atoms with Gasteiger partial charge in [0.2, 0.25) is 10.0 Å². The normalized spacial score (nSPS) is 10.7. The number of nitrogens with zero attached hydrogens (tertiary/aromatic N) is 3. The maximum Gasteiger partial charge on any atom is 0.341 e. The highest BCUT2D eigenvalue weighted by Gasteiger charge is 2.26. The molecule has 110 valence electrons. The Labute approximate surface area is 121 Å². The van der Waals surface area contributed by atoms with E-state index >= 15 is 0 Å². The van der Waals surface area contributed by atoms with E-state index in [2.05, 4.69) is 4.74 Å². The Hall–Kier alpha value is -2.62. The van der Waals surface area contributed by atoms with Crippen molar-refractivity contribution in [3.63, 3.8) is 0 Å². The van der Waals surface area contributed by atoms with Crippen molar-refractivity contribution in [3.05, 3.63) is 23.8 Å². The predicted octanol–water partition coefficient (Wildman–Crippen LogP) is 0.217. The van der Waals surface area contributed by atoms with Gasteiger partial charge in [0.1, 0.15) is 24.4 Å². The van der Waals surface area contributed by atoms with Crippen LogP contribution in [-0.2, 0) is 14.8 Å². The van der Waals surface area contributed by atoms with Crippen LogP contribution in [0.1, 0.15) is 10.4 Å². The molecule has 0 atom stereocenters. The number of benzene rings is 1. The van der Waals surface area contributed by atoms with Gasteiger partial charge in [-0.2, -0.15) is 14.8 Å². The van der Waals surface area contributed by atoms with Gasteiger partial charge in [-0.05, 0) is 18.2 Å². The van der Waals surface area contributed by atoms with Crippen molar-refractivity contribution in [1.29, 1.82) is 10.5 Å². The smallest absolute Gasteiger partial charge is 0.341 e. The number of aromatic hydroxyl groups is 1. The van der Waals surface area contributed by atoms with E-state index in [4.69, 9.17) is 10.5 Å². The molecule has 0 unspecified atom stereocenters. The van der Waals surface area contributed by atoms with Crippen LogP contribution in [0.5, 0.6) is 5.75 Å². The van der Waals surface area contributed by atoms with E-state index in [1.807, 2.05) is 0 Å². The van der Waals surface area contributed by atoms with E-state index in [-0.39, 0.29) is 10.5 Å². The van der Waals surface area contributed by atoms with Gasteiger partial charge in [0.25, 0.3) is 0 Å². The molecule has 0 bridgehead atoms. The Bertz CT molecular complexity index is 714. The van der Waals surface area contributed by atoms with Crippen molar-refractivity contribution >= 4 is 16.0 Å². The third kappa shape index (κ3) is 3.48. The molecule has 1 aromatic carbocycles. The first kappa shape index (κ1) is 16.4. The fourth-order valence-corrected chi connectivity index (χ4v) is 2.74. The number of phenolic OH excluding ortho intramolecular Hbond substituents is 1. The lowest BCUT2D eigenvalue weighted by Gasteiger charge is -2.16. The third-order valence-corrected chi connectivity index (χ3v) is 4.29. The largest absolute Gasteiger partial charge is 0.507 e. The number of phenols is 1. The average Bonchev–Trinajstić information content (AvgIpc) is 2.46. The van der Waals surface area contributed by atoms with Crippen molar-refractivity contribution in [3.8, 4) is 17.9 Å². The lowest BCUT2D eigenvalue weighted by Crippen LogP contribution is -2.32. The molecule has 1 aromatic rings. The lowest BCUT2D eigenvalue weighted by molar-refractivity contribution is 0.0597. The van der Waals surface area contributed by atoms with Gasteiger partial charge in [0.15, 0.2) is 0 Å². The minimum Gasteiger partial charge on any atom is -0.507 e. The van der Waals surface area contributed by atoms with Crippen LogP contribution in [-0.4, -0.2) is 44.0 Å². The highest BCUT2D eigenvalue weighted by molar-refractivity contribution is 7.89. The number of sulfonamides is 1. The summed E-state index contributed by atoms with van der Waals surface area (Å²) in [7, 11) is -3.05. The van der Waals surface area contributed by atoms with E-state index in [1.54, 1.807) is 12.1 Å². The molecule has 0 aliphatic carbocycles. The zero-order valence-corrected chi connectivity index (χ0v) is 11.8. The van der Waals surface area contributed by atoms with Crippen molar-refractivity contribution in [2.24, 2.45) is 0 Å². The van der Waals surface area contributed by atoms with E-state index in [0.29, 0.717) is 4.31 Å². The van der Waals surface area contributed by atoms with Crippen LogP contribution in [0.3, 0.4) is 0 Å². The molecule has 0 aromatic heterocycles. The van der Waals surface area contributed by atoms with E-state index < -0.39 is 34.8 Å². The van der Waals surface area contributed by atoms with Gasteiger partial charge in [-0.1, -0.05) is 0 Å². The lowest BCUT2D eigenvalue weighted by atomic mass is 10.2. The Balaban J connectivity index is 3.35. The van der Waals surface area contributed by atoms with Gasteiger partial charge in [-0.3, -0.25) is 0 Å². The van der Waals surface area contributed by atoms with E-state index in [0.717, 1.165) is 25.3 Å². The molecular weight excluding hydrogens is 298 g/mol. The molecule has 0 spiro atoms. The monoisotopic (exact) mass is 309 g/mol. The Morgan fingerprint density at radius 3 is 2.38 bits per heavy atom. The molecule has 0 aliphatic heterocycles. The fraction of sp³-hybridized carbons (Fsp3) is 0.250. The second-order valence-corrected chi connectivity index (χ2v) is 5.70. The number of nitriles is 2. The Morgan fingerprint density at radius 2 is 1.90 bits per heavy atom. The topological polar surface area (TPSA) is 131 Å². The first-order valence-electron chi connectivity index (χ1n) is 5.53. The number of carbonyl (C=O) groups excluding carboxylic acids is 1. The summed E-state index contributed by atoms with van der Waals surface area (Å²) in [4.78, 5) is 11.1. The van der Waals surface area contributed by atoms with E-state index in [9.17, 15) is 18.3 Å². The minimum absolute atomic E-state index is 0.326. The van der Waals surface area contributed by atoms with Gasteiger partial charge < -0.3 is 9.84 Å². The molecule has 0 fully saturated rings. The molecular formula is C12H11N3O5S. The van der Waals surface area contributed by atoms with Crippen LogP contribution in [0.4, 0.5) is 0 Å². The summed E-state index contributed by atoms with van der Waals surface area (Å²) in [5, 5.41) is 26.8. The second-order valence-electron chi connectivity index (χ2n) is 3.76. The quantitative estimate of drug-likeness (QED) is 0.607. The van der Waals surface area contributed by atoms with Gasteiger partial charge in [-0.25, -0.2) is 13.2 Å². The number of rotatable bonds is 5. The molecule has 1 rings (SSSR count). The average molecular weight is 309 g/mol. The molecule has 0 amide bonds. The summed E-state index contributed by atoms with van der Waals surface area (Å²) in [6.45, 7) is -1.02. The Kier molecular flexibility index (Phi) is 5.24. The first-order chi connectivity index (χ1) is 9.88. The standard InChI is InChI=1S/C12H11N3O5S/c1-20-12(17)10-8-9(2-3-11(10)16)21(18,19)15(6-4-13)7-5-14/h2-3,8,16H,6-7H2,1H3. The highest BCUT2D eigenvalue weighted by atomic mass is 32.2. The molecule has 21 heavy (non-hydrogen) atoms. The third-order valence-electron chi connectivity index (χ3n) is 2.51. The predicted molar refractivity (Wildman–Crippen MR) is 69.4 cm³/mol. The summed E-state index contributed by atoms with van der Waals surface area (Å²) >= 11 is 0. The molecule has 0 aliphatic rings. The summed E-state index contributed by atoms with van der Waals surface area (Å²) in [6, 6.07) is 6.31. The molecule has 0 heterocycles. The van der Waals surface area contributed by atoms with Crippen LogP contribution in [0, 0.1) is 22.7 Å². The van der Waals surface area contributed by atoms with E-state index in [1.165, 1.54) is 0 Å². The SMILES string of the molecule is COC(=O)c1cc(S(=O)(=O)N(CC#N)CC#N)ccc1O. The summed E-state index contributed by atoms with van der Waals surface area (Å²) in [5.74, 6) is -1.34. The maximum atomic E-state index is 12.3. The van der Waals surface area contributed by atoms with Crippen LogP contribution >= 0.6 is 0 Å². The summed E-state index contributed by atoms with van der Waals surface area (Å²) < 4.78 is 29.6. The number of hydrogen-bond acceptors (Lipinski definition) is 7. The molecule has 0 saturated carbocycles. The zero-order valence-electron chi connectivity index (χ0n) is 11.0. The maximum absolute atomic E-state index is 12.3. The number of esters is 1. The van der Waals surface area contributed by atoms with Crippen molar-refractivity contribution < 1.29 is 23.1 Å². The Morgan fingerprint density at radius 1 is 1.33 bits per heavy atom. The highest BCUT2D eigenvalue weighted by Crippen LogP contribution is 2.24. The zero-order chi connectivity index (χ0) is 16.0. The second kappa shape index (κ2) is 6.70. The fourth-order valence-electron chi connectivity index (χ4n) is 1.48. The van der Waals surface area contributed by atoms with Crippen LogP contribution in [0.15, 0.2) is 23.1 Å². The molecule has 1 N–H and O–H groups in total. The van der Waals surface area contributed by atoms with Gasteiger partial charge >= 0.3 is 5.97 Å². The van der Waals surface area contributed by atoms with Crippen LogP contribution < -0.4 is 0 Å². The molecule has 8 nitrogen and oxygen atoms in total.